The minimum absolute atomic E-state index is 0.102. The molecule has 1 aromatic heterocycles. The Morgan fingerprint density at radius 1 is 1.38 bits per heavy atom. The fraction of sp³-hybridized carbons (Fsp3) is 0.318. The molecule has 3 N–H and O–H groups in total. The van der Waals surface area contributed by atoms with Gasteiger partial charge in [-0.15, -0.1) is 11.3 Å². The first-order chi connectivity index (χ1) is 14.0. The second kappa shape index (κ2) is 8.66. The van der Waals surface area contributed by atoms with E-state index in [2.05, 4.69) is 39.2 Å². The average molecular weight is 446 g/mol. The molecule has 0 radical (unpaired) electrons. The van der Waals surface area contributed by atoms with Gasteiger partial charge in [0, 0.05) is 45.4 Å². The van der Waals surface area contributed by atoms with Crippen LogP contribution in [0.4, 0.5) is 5.69 Å². The smallest absolute Gasteiger partial charge is 0.0543 e. The number of nitrogens with one attached hydrogen (secondary N) is 2. The number of halogens is 1. The van der Waals surface area contributed by atoms with E-state index in [1.54, 1.807) is 11.3 Å². The van der Waals surface area contributed by atoms with Crippen LogP contribution < -0.4 is 9.44 Å². The Morgan fingerprint density at radius 2 is 2.17 bits per heavy atom. The molecule has 7 heteroatoms. The van der Waals surface area contributed by atoms with Gasteiger partial charge in [-0.3, -0.25) is 4.99 Å². The lowest BCUT2D eigenvalue weighted by Gasteiger charge is -2.12. The summed E-state index contributed by atoms with van der Waals surface area (Å²) in [5.74, 6) is 0. The summed E-state index contributed by atoms with van der Waals surface area (Å²) in [7, 11) is 0. The summed E-state index contributed by atoms with van der Waals surface area (Å²) >= 11 is 9.69. The third kappa shape index (κ3) is 4.78. The lowest BCUT2D eigenvalue weighted by molar-refractivity contribution is 0.234. The maximum atomic E-state index is 9.65. The quantitative estimate of drug-likeness (QED) is 0.232. The Kier molecular flexibility index (Phi) is 6.18. The van der Waals surface area contributed by atoms with Crippen molar-refractivity contribution in [2.45, 2.75) is 31.7 Å². The van der Waals surface area contributed by atoms with Crippen molar-refractivity contribution in [2.24, 2.45) is 10.4 Å². The molecule has 1 aromatic carbocycles. The standard InChI is InChI=1S/C22H24ClN3OS2/c1-14(9-21(24-2)22(13-27)7-8-22)15-10-20(28-12-15)18-6-5-17(11-19(18)23)26-29-25-16-3-4-16/h5-6,9-12,16,25-27H,1-4,7-8,13H2/b21-9-. The molecule has 29 heavy (non-hydrogen) atoms. The van der Waals surface area contributed by atoms with E-state index < -0.39 is 0 Å². The number of benzene rings is 1. The SMILES string of the molecule is C=N/C(=C\C(=C)c1csc(-c2ccc(NSNC3CC3)cc2Cl)c1)C1(CO)CC1. The number of thiophene rings is 1. The van der Waals surface area contributed by atoms with Crippen molar-refractivity contribution >= 4 is 53.0 Å². The van der Waals surface area contributed by atoms with Gasteiger partial charge in [-0.25, -0.2) is 4.72 Å². The number of rotatable bonds is 10. The lowest BCUT2D eigenvalue weighted by Crippen LogP contribution is -2.08. The molecule has 2 aliphatic carbocycles. The second-order valence-electron chi connectivity index (χ2n) is 7.64. The van der Waals surface area contributed by atoms with Crippen LogP contribution in [-0.4, -0.2) is 24.5 Å². The summed E-state index contributed by atoms with van der Waals surface area (Å²) in [4.78, 5) is 5.23. The van der Waals surface area contributed by atoms with Gasteiger partial charge in [0.2, 0.25) is 0 Å². The van der Waals surface area contributed by atoms with Crippen molar-refractivity contribution in [3.63, 3.8) is 0 Å². The molecule has 0 unspecified atom stereocenters. The van der Waals surface area contributed by atoms with E-state index in [1.807, 2.05) is 24.3 Å². The zero-order valence-electron chi connectivity index (χ0n) is 16.1. The van der Waals surface area contributed by atoms with Crippen molar-refractivity contribution < 1.29 is 5.11 Å². The first-order valence-electron chi connectivity index (χ1n) is 9.59. The summed E-state index contributed by atoms with van der Waals surface area (Å²) in [6.45, 7) is 7.97. The van der Waals surface area contributed by atoms with E-state index in [9.17, 15) is 5.11 Å². The van der Waals surface area contributed by atoms with Gasteiger partial charge in [0.25, 0.3) is 0 Å². The van der Waals surface area contributed by atoms with Crippen molar-refractivity contribution in [1.82, 2.24) is 4.72 Å². The third-order valence-electron chi connectivity index (χ3n) is 5.36. The molecule has 0 amide bonds. The maximum Gasteiger partial charge on any atom is 0.0543 e. The minimum Gasteiger partial charge on any atom is -0.395 e. The molecule has 4 nitrogen and oxygen atoms in total. The maximum absolute atomic E-state index is 9.65. The monoisotopic (exact) mass is 445 g/mol. The number of nitrogens with zero attached hydrogens (tertiary/aromatic N) is 1. The fourth-order valence-corrected chi connectivity index (χ4v) is 5.08. The van der Waals surface area contributed by atoms with Gasteiger partial charge < -0.3 is 9.83 Å². The number of allylic oxidation sites excluding steroid dienone is 2. The number of anilines is 1. The van der Waals surface area contributed by atoms with Crippen LogP contribution in [0.15, 0.2) is 53.0 Å². The molecule has 2 aromatic rings. The topological polar surface area (TPSA) is 56.7 Å². The van der Waals surface area contributed by atoms with Crippen LogP contribution in [0.3, 0.4) is 0 Å². The van der Waals surface area contributed by atoms with Crippen molar-refractivity contribution in [2.75, 3.05) is 11.3 Å². The molecule has 0 bridgehead atoms. The van der Waals surface area contributed by atoms with Gasteiger partial charge in [0.1, 0.15) is 0 Å². The summed E-state index contributed by atoms with van der Waals surface area (Å²) in [6.07, 6.45) is 6.34. The highest BCUT2D eigenvalue weighted by atomic mass is 35.5. The highest BCUT2D eigenvalue weighted by Crippen LogP contribution is 2.52. The minimum atomic E-state index is -0.220. The van der Waals surface area contributed by atoms with Crippen LogP contribution >= 0.6 is 35.1 Å². The molecule has 152 valence electrons. The van der Waals surface area contributed by atoms with E-state index in [0.29, 0.717) is 11.1 Å². The second-order valence-corrected chi connectivity index (χ2v) is 9.60. The van der Waals surface area contributed by atoms with E-state index in [4.69, 9.17) is 11.6 Å². The van der Waals surface area contributed by atoms with Gasteiger partial charge in [-0.2, -0.15) is 0 Å². The van der Waals surface area contributed by atoms with Crippen molar-refractivity contribution in [3.05, 3.63) is 58.6 Å². The predicted molar refractivity (Wildman–Crippen MR) is 128 cm³/mol. The molecule has 1 heterocycles. The zero-order chi connectivity index (χ0) is 20.4. The van der Waals surface area contributed by atoms with E-state index in [1.165, 1.54) is 25.0 Å². The highest BCUT2D eigenvalue weighted by Gasteiger charge is 2.45. The molecule has 0 aliphatic heterocycles. The predicted octanol–water partition coefficient (Wildman–Crippen LogP) is 6.17. The fourth-order valence-electron chi connectivity index (χ4n) is 3.06. The highest BCUT2D eigenvalue weighted by molar-refractivity contribution is 7.98. The largest absolute Gasteiger partial charge is 0.395 e. The first-order valence-corrected chi connectivity index (χ1v) is 11.7. The Hall–Kier alpha value is -1.57. The first kappa shape index (κ1) is 20.7. The number of hydrogen-bond acceptors (Lipinski definition) is 6. The number of aliphatic hydroxyl groups is 1. The van der Waals surface area contributed by atoms with Crippen LogP contribution in [0.2, 0.25) is 5.02 Å². The van der Waals surface area contributed by atoms with Gasteiger partial charge in [0.05, 0.1) is 11.6 Å². The average Bonchev–Trinajstić information content (AvgIpc) is 3.65. The molecule has 0 saturated heterocycles. The van der Waals surface area contributed by atoms with Crippen LogP contribution in [-0.2, 0) is 0 Å². The van der Waals surface area contributed by atoms with Crippen LogP contribution in [0.25, 0.3) is 16.0 Å². The molecule has 2 aliphatic rings. The zero-order valence-corrected chi connectivity index (χ0v) is 18.5. The van der Waals surface area contributed by atoms with E-state index in [-0.39, 0.29) is 12.0 Å². The molecule has 2 fully saturated rings. The van der Waals surface area contributed by atoms with Gasteiger partial charge in [-0.05, 0) is 79.3 Å². The third-order valence-corrected chi connectivity index (χ3v) is 7.42. The Labute approximate surface area is 185 Å². The summed E-state index contributed by atoms with van der Waals surface area (Å²) < 4.78 is 6.63. The van der Waals surface area contributed by atoms with Gasteiger partial charge in [-0.1, -0.05) is 18.2 Å². The molecular formula is C22H24ClN3OS2. The molecule has 2 saturated carbocycles. The van der Waals surface area contributed by atoms with Crippen LogP contribution in [0.5, 0.6) is 0 Å². The Morgan fingerprint density at radius 3 is 2.79 bits per heavy atom. The Bertz CT molecular complexity index is 961. The Balaban J connectivity index is 1.46. The van der Waals surface area contributed by atoms with Gasteiger partial charge in [0.15, 0.2) is 0 Å². The number of hydrogen-bond donors (Lipinski definition) is 3. The summed E-state index contributed by atoms with van der Waals surface area (Å²) in [5.41, 5.74) is 4.47. The van der Waals surface area contributed by atoms with E-state index >= 15 is 0 Å². The molecule has 0 spiro atoms. The normalized spacial score (nSPS) is 17.8. The number of aliphatic imine (C=N–C) groups is 1. The molecule has 4 rings (SSSR count). The summed E-state index contributed by atoms with van der Waals surface area (Å²) in [5, 5.41) is 12.4. The molecule has 0 atom stereocenters. The van der Waals surface area contributed by atoms with Crippen molar-refractivity contribution in [1.29, 1.82) is 0 Å². The van der Waals surface area contributed by atoms with E-state index in [0.717, 1.165) is 45.8 Å². The summed E-state index contributed by atoms with van der Waals surface area (Å²) in [6, 6.07) is 8.76. The van der Waals surface area contributed by atoms with Gasteiger partial charge >= 0.3 is 0 Å². The van der Waals surface area contributed by atoms with Crippen LogP contribution in [0.1, 0.15) is 31.2 Å². The number of aliphatic hydroxyl groups excluding tert-OH is 1. The lowest BCUT2D eigenvalue weighted by atomic mass is 10.00. The molecular weight excluding hydrogens is 422 g/mol. The van der Waals surface area contributed by atoms with Crippen LogP contribution in [0, 0.1) is 5.41 Å². The van der Waals surface area contributed by atoms with Crippen molar-refractivity contribution in [3.8, 4) is 10.4 Å².